The third-order valence-corrected chi connectivity index (χ3v) is 3.02. The molecule has 3 rings (SSSR count). The summed E-state index contributed by atoms with van der Waals surface area (Å²) in [6.07, 6.45) is 11.0. The zero-order valence-electron chi connectivity index (χ0n) is 8.68. The van der Waals surface area contributed by atoms with Crippen LogP contribution >= 0.6 is 0 Å². The molecule has 2 heterocycles. The maximum Gasteiger partial charge on any atom is 0.0940 e. The number of aromatic nitrogens is 1. The van der Waals surface area contributed by atoms with Crippen LogP contribution in [-0.4, -0.2) is 4.57 Å². The Morgan fingerprint density at radius 2 is 2.13 bits per heavy atom. The van der Waals surface area contributed by atoms with E-state index < -0.39 is 0 Å². The molecule has 76 valence electrons. The van der Waals surface area contributed by atoms with Crippen LogP contribution in [0.3, 0.4) is 0 Å². The van der Waals surface area contributed by atoms with E-state index >= 15 is 0 Å². The highest BCUT2D eigenvalue weighted by Gasteiger charge is 2.27. The van der Waals surface area contributed by atoms with Crippen molar-refractivity contribution < 1.29 is 4.74 Å². The highest BCUT2D eigenvalue weighted by molar-refractivity contribution is 5.69. The summed E-state index contributed by atoms with van der Waals surface area (Å²) >= 11 is 0. The van der Waals surface area contributed by atoms with E-state index in [1.807, 2.05) is 6.26 Å². The number of allylic oxidation sites excluding steroid dienone is 4. The summed E-state index contributed by atoms with van der Waals surface area (Å²) < 4.78 is 7.42. The van der Waals surface area contributed by atoms with Crippen molar-refractivity contribution in [3.8, 4) is 0 Å². The van der Waals surface area contributed by atoms with Crippen LogP contribution in [0.1, 0.15) is 13.3 Å². The van der Waals surface area contributed by atoms with Crippen molar-refractivity contribution in [1.29, 1.82) is 0 Å². The Hall–Kier alpha value is -1.70. The maximum atomic E-state index is 5.21. The summed E-state index contributed by atoms with van der Waals surface area (Å²) in [6.45, 7) is 2.26. The molecule has 0 aromatic carbocycles. The quantitative estimate of drug-likeness (QED) is 0.677. The molecule has 0 saturated heterocycles. The van der Waals surface area contributed by atoms with E-state index in [9.17, 15) is 0 Å². The maximum absolute atomic E-state index is 5.21. The monoisotopic (exact) mass is 199 g/mol. The van der Waals surface area contributed by atoms with Gasteiger partial charge in [0, 0.05) is 29.6 Å². The molecular formula is C13H13NO. The highest BCUT2D eigenvalue weighted by atomic mass is 16.5. The first-order valence-corrected chi connectivity index (χ1v) is 5.25. The fourth-order valence-electron chi connectivity index (χ4n) is 2.39. The van der Waals surface area contributed by atoms with Gasteiger partial charge in [0.05, 0.1) is 12.5 Å². The number of fused-ring (bicyclic) bond motifs is 1. The lowest BCUT2D eigenvalue weighted by molar-refractivity contribution is 0.392. The van der Waals surface area contributed by atoms with E-state index in [2.05, 4.69) is 42.1 Å². The van der Waals surface area contributed by atoms with Gasteiger partial charge in [-0.2, -0.15) is 0 Å². The second-order valence-corrected chi connectivity index (χ2v) is 4.08. The van der Waals surface area contributed by atoms with Gasteiger partial charge in [0.2, 0.25) is 0 Å². The van der Waals surface area contributed by atoms with Gasteiger partial charge in [0.25, 0.3) is 0 Å². The van der Waals surface area contributed by atoms with Crippen LogP contribution in [0.15, 0.2) is 54.3 Å². The van der Waals surface area contributed by atoms with Crippen molar-refractivity contribution in [2.24, 2.45) is 5.92 Å². The van der Waals surface area contributed by atoms with Crippen molar-refractivity contribution in [2.45, 2.75) is 13.3 Å². The molecule has 2 heteroatoms. The fraction of sp³-hybridized carbons (Fsp3) is 0.231. The Morgan fingerprint density at radius 3 is 2.93 bits per heavy atom. The predicted molar refractivity (Wildman–Crippen MR) is 59.7 cm³/mol. The molecule has 1 aliphatic carbocycles. The van der Waals surface area contributed by atoms with Crippen molar-refractivity contribution in [3.05, 3.63) is 54.3 Å². The smallest absolute Gasteiger partial charge is 0.0940 e. The minimum Gasteiger partial charge on any atom is -0.472 e. The van der Waals surface area contributed by atoms with Crippen LogP contribution in [0, 0.1) is 5.92 Å². The first kappa shape index (κ1) is 8.60. The van der Waals surface area contributed by atoms with Gasteiger partial charge in [-0.15, -0.1) is 0 Å². The van der Waals surface area contributed by atoms with E-state index in [1.165, 1.54) is 16.8 Å². The molecule has 0 N–H and O–H groups in total. The summed E-state index contributed by atoms with van der Waals surface area (Å²) in [7, 11) is 0. The molecule has 0 radical (unpaired) electrons. The van der Waals surface area contributed by atoms with E-state index in [-0.39, 0.29) is 0 Å². The molecule has 0 spiro atoms. The number of ether oxygens (including phenoxy) is 1. The molecule has 0 saturated carbocycles. The molecule has 15 heavy (non-hydrogen) atoms. The van der Waals surface area contributed by atoms with Crippen molar-refractivity contribution in [3.63, 3.8) is 0 Å². The van der Waals surface area contributed by atoms with Crippen LogP contribution < -0.4 is 0 Å². The minimum atomic E-state index is 0.560. The molecule has 1 atom stereocenters. The van der Waals surface area contributed by atoms with E-state index in [1.54, 1.807) is 6.26 Å². The lowest BCUT2D eigenvalue weighted by Gasteiger charge is -2.11. The first-order valence-electron chi connectivity index (χ1n) is 5.25. The Bertz CT molecular complexity index is 463. The van der Waals surface area contributed by atoms with Gasteiger partial charge < -0.3 is 9.30 Å². The van der Waals surface area contributed by atoms with Crippen LogP contribution in [0.4, 0.5) is 0 Å². The highest BCUT2D eigenvalue weighted by Crippen LogP contribution is 2.40. The summed E-state index contributed by atoms with van der Waals surface area (Å²) in [5.74, 6) is 0.560. The average molecular weight is 199 g/mol. The lowest BCUT2D eigenvalue weighted by Crippen LogP contribution is -2.00. The normalized spacial score (nSPS) is 23.8. The second kappa shape index (κ2) is 3.16. The number of nitrogens with zero attached hydrogens (tertiary/aromatic N) is 1. The molecule has 1 aliphatic heterocycles. The van der Waals surface area contributed by atoms with Gasteiger partial charge in [-0.3, -0.25) is 0 Å². The Kier molecular flexibility index (Phi) is 1.81. The van der Waals surface area contributed by atoms with E-state index in [0.29, 0.717) is 5.92 Å². The van der Waals surface area contributed by atoms with Crippen molar-refractivity contribution >= 4 is 5.70 Å². The van der Waals surface area contributed by atoms with E-state index in [0.717, 1.165) is 6.42 Å². The van der Waals surface area contributed by atoms with Gasteiger partial charge in [-0.1, -0.05) is 6.92 Å². The van der Waals surface area contributed by atoms with Crippen LogP contribution in [-0.2, 0) is 4.74 Å². The van der Waals surface area contributed by atoms with Crippen LogP contribution in [0.5, 0.6) is 0 Å². The number of hydrogen-bond donors (Lipinski definition) is 0. The topological polar surface area (TPSA) is 14.2 Å². The van der Waals surface area contributed by atoms with E-state index in [4.69, 9.17) is 4.74 Å². The summed E-state index contributed by atoms with van der Waals surface area (Å²) in [5, 5.41) is 0. The summed E-state index contributed by atoms with van der Waals surface area (Å²) in [5.41, 5.74) is 4.02. The minimum absolute atomic E-state index is 0.560. The number of rotatable bonds is 1. The summed E-state index contributed by atoms with van der Waals surface area (Å²) in [4.78, 5) is 0. The lowest BCUT2D eigenvalue weighted by atomic mass is 10.1. The largest absolute Gasteiger partial charge is 0.472 e. The fourth-order valence-corrected chi connectivity index (χ4v) is 2.39. The third kappa shape index (κ3) is 1.25. The molecule has 0 bridgehead atoms. The molecule has 2 nitrogen and oxygen atoms in total. The summed E-state index contributed by atoms with van der Waals surface area (Å²) in [6, 6.07) is 4.12. The third-order valence-electron chi connectivity index (χ3n) is 3.02. The molecule has 0 fully saturated rings. The molecule has 1 aromatic heterocycles. The Labute approximate surface area is 89.2 Å². The van der Waals surface area contributed by atoms with Gasteiger partial charge in [0.1, 0.15) is 0 Å². The van der Waals surface area contributed by atoms with Crippen LogP contribution in [0.2, 0.25) is 0 Å². The van der Waals surface area contributed by atoms with Crippen molar-refractivity contribution in [2.75, 3.05) is 0 Å². The van der Waals surface area contributed by atoms with Crippen molar-refractivity contribution in [1.82, 2.24) is 4.57 Å². The Balaban J connectivity index is 2.16. The zero-order chi connectivity index (χ0) is 10.3. The van der Waals surface area contributed by atoms with Gasteiger partial charge >= 0.3 is 0 Å². The molecule has 1 aromatic rings. The second-order valence-electron chi connectivity index (χ2n) is 4.08. The van der Waals surface area contributed by atoms with Gasteiger partial charge in [-0.05, 0) is 30.2 Å². The molecule has 2 aliphatic rings. The van der Waals surface area contributed by atoms with Gasteiger partial charge in [-0.25, -0.2) is 0 Å². The zero-order valence-corrected chi connectivity index (χ0v) is 8.68. The van der Waals surface area contributed by atoms with Crippen LogP contribution in [0.25, 0.3) is 5.70 Å². The SMILES string of the molecule is CC1CC2=COC=CC2=C1n1cccc1. The molecule has 0 amide bonds. The standard InChI is InChI=1S/C13H13NO/c1-10-8-11-9-15-7-4-12(11)13(10)14-5-2-3-6-14/h2-7,9-10H,8H2,1H3. The molecule has 1 unspecified atom stereocenters. The number of hydrogen-bond acceptors (Lipinski definition) is 1. The Morgan fingerprint density at radius 1 is 1.33 bits per heavy atom. The molecular weight excluding hydrogens is 186 g/mol. The average Bonchev–Trinajstić information content (AvgIpc) is 2.82. The predicted octanol–water partition coefficient (Wildman–Crippen LogP) is 3.17. The van der Waals surface area contributed by atoms with Gasteiger partial charge in [0.15, 0.2) is 0 Å². The first-order chi connectivity index (χ1) is 7.36.